The number of fused-ring (bicyclic) bond motifs is 1. The summed E-state index contributed by atoms with van der Waals surface area (Å²) >= 11 is 0. The molecule has 0 radical (unpaired) electrons. The van der Waals surface area contributed by atoms with Gasteiger partial charge in [-0.15, -0.1) is 0 Å². The number of aromatic nitrogens is 3. The first-order valence-electron chi connectivity index (χ1n) is 6.42. The molecule has 1 N–H and O–H groups in total. The lowest BCUT2D eigenvalue weighted by atomic mass is 9.88. The summed E-state index contributed by atoms with van der Waals surface area (Å²) in [5.74, 6) is 1.68. The average molecular weight is 260 g/mol. The van der Waals surface area contributed by atoms with Gasteiger partial charge >= 0.3 is 0 Å². The Kier molecular flexibility index (Phi) is 2.85. The molecule has 1 amide bonds. The minimum Gasteiger partial charge on any atom is -0.360 e. The van der Waals surface area contributed by atoms with Crippen LogP contribution in [-0.2, 0) is 19.9 Å². The first kappa shape index (κ1) is 12.0. The van der Waals surface area contributed by atoms with Crippen molar-refractivity contribution in [2.24, 2.45) is 13.0 Å². The zero-order chi connectivity index (χ0) is 13.4. The smallest absolute Gasteiger partial charge is 0.279 e. The summed E-state index contributed by atoms with van der Waals surface area (Å²) in [6.07, 6.45) is 4.57. The molecule has 6 heteroatoms. The fraction of sp³-hybridized carbons (Fsp3) is 0.462. The zero-order valence-electron chi connectivity index (χ0n) is 11.0. The number of carbonyl (C=O) groups is 1. The van der Waals surface area contributed by atoms with E-state index in [-0.39, 0.29) is 5.91 Å². The highest BCUT2D eigenvalue weighted by molar-refractivity contribution is 6.03. The normalized spacial score (nSPS) is 18.1. The maximum atomic E-state index is 12.2. The molecule has 0 saturated heterocycles. The first-order chi connectivity index (χ1) is 9.13. The average Bonchev–Trinajstić information content (AvgIpc) is 2.95. The number of hydrogen-bond acceptors (Lipinski definition) is 4. The number of aryl methyl sites for hydroxylation is 2. The number of amides is 1. The van der Waals surface area contributed by atoms with Crippen LogP contribution in [0.15, 0.2) is 16.8 Å². The lowest BCUT2D eigenvalue weighted by Crippen LogP contribution is -2.18. The number of rotatable bonds is 2. The molecule has 3 rings (SSSR count). The van der Waals surface area contributed by atoms with Gasteiger partial charge < -0.3 is 9.84 Å². The van der Waals surface area contributed by atoms with E-state index in [2.05, 4.69) is 22.5 Å². The molecular weight excluding hydrogens is 244 g/mol. The molecule has 2 aromatic rings. The Balaban J connectivity index is 1.82. The van der Waals surface area contributed by atoms with Crippen molar-refractivity contribution in [2.45, 2.75) is 26.2 Å². The quantitative estimate of drug-likeness (QED) is 0.893. The Morgan fingerprint density at radius 2 is 2.42 bits per heavy atom. The second-order valence-electron chi connectivity index (χ2n) is 5.11. The van der Waals surface area contributed by atoms with Gasteiger partial charge in [-0.2, -0.15) is 5.10 Å². The van der Waals surface area contributed by atoms with E-state index in [0.29, 0.717) is 17.4 Å². The lowest BCUT2D eigenvalue weighted by Gasteiger charge is -2.16. The topological polar surface area (TPSA) is 73.0 Å². The van der Waals surface area contributed by atoms with Crippen LogP contribution in [0, 0.1) is 5.92 Å². The molecule has 2 aromatic heterocycles. The summed E-state index contributed by atoms with van der Waals surface area (Å²) in [6, 6.07) is 1.74. The van der Waals surface area contributed by atoms with Gasteiger partial charge in [0.2, 0.25) is 0 Å². The molecule has 0 aromatic carbocycles. The third-order valence-corrected chi connectivity index (χ3v) is 3.46. The van der Waals surface area contributed by atoms with Gasteiger partial charge in [0.05, 0.1) is 0 Å². The highest BCUT2D eigenvalue weighted by atomic mass is 16.5. The van der Waals surface area contributed by atoms with Crippen LogP contribution in [0.3, 0.4) is 0 Å². The summed E-state index contributed by atoms with van der Waals surface area (Å²) in [7, 11) is 1.80. The van der Waals surface area contributed by atoms with Crippen LogP contribution >= 0.6 is 0 Å². The molecule has 1 aliphatic rings. The van der Waals surface area contributed by atoms with E-state index >= 15 is 0 Å². The maximum Gasteiger partial charge on any atom is 0.279 e. The van der Waals surface area contributed by atoms with Crippen LogP contribution in [0.2, 0.25) is 0 Å². The molecule has 1 atom stereocenters. The molecule has 100 valence electrons. The molecule has 0 saturated carbocycles. The first-order valence-corrected chi connectivity index (χ1v) is 6.42. The Morgan fingerprint density at radius 1 is 1.58 bits per heavy atom. The maximum absolute atomic E-state index is 12.2. The van der Waals surface area contributed by atoms with Gasteiger partial charge in [0.15, 0.2) is 11.5 Å². The van der Waals surface area contributed by atoms with E-state index in [9.17, 15) is 4.79 Å². The van der Waals surface area contributed by atoms with Gasteiger partial charge in [-0.1, -0.05) is 12.1 Å². The molecule has 0 fully saturated rings. The van der Waals surface area contributed by atoms with Crippen LogP contribution in [-0.4, -0.2) is 20.8 Å². The largest absolute Gasteiger partial charge is 0.360 e. The summed E-state index contributed by atoms with van der Waals surface area (Å²) < 4.78 is 6.90. The van der Waals surface area contributed by atoms with Crippen molar-refractivity contribution in [1.82, 2.24) is 14.9 Å². The molecule has 0 bridgehead atoms. The number of nitrogens with one attached hydrogen (secondary N) is 1. The van der Waals surface area contributed by atoms with E-state index in [0.717, 1.165) is 30.6 Å². The summed E-state index contributed by atoms with van der Waals surface area (Å²) in [5.41, 5.74) is 1.35. The number of anilines is 1. The molecule has 2 heterocycles. The minimum atomic E-state index is -0.252. The minimum absolute atomic E-state index is 0.252. The van der Waals surface area contributed by atoms with Crippen LogP contribution in [0.4, 0.5) is 5.82 Å². The van der Waals surface area contributed by atoms with E-state index in [1.54, 1.807) is 24.0 Å². The SMILES string of the molecule is C[C@@H]1CCc2onc(C(=O)Nc3ccn(C)n3)c2C1. The molecular formula is C13H16N4O2. The number of hydrogen-bond donors (Lipinski definition) is 1. The van der Waals surface area contributed by atoms with Crippen molar-refractivity contribution in [3.63, 3.8) is 0 Å². The van der Waals surface area contributed by atoms with Gasteiger partial charge in [-0.05, 0) is 18.8 Å². The fourth-order valence-electron chi connectivity index (χ4n) is 2.41. The van der Waals surface area contributed by atoms with E-state index in [1.165, 1.54) is 0 Å². The van der Waals surface area contributed by atoms with Crippen molar-refractivity contribution >= 4 is 11.7 Å². The van der Waals surface area contributed by atoms with Crippen molar-refractivity contribution in [3.8, 4) is 0 Å². The molecule has 1 aliphatic carbocycles. The molecule has 6 nitrogen and oxygen atoms in total. The van der Waals surface area contributed by atoms with Crippen molar-refractivity contribution < 1.29 is 9.32 Å². The Labute approximate surface area is 110 Å². The second-order valence-corrected chi connectivity index (χ2v) is 5.11. The van der Waals surface area contributed by atoms with Crippen molar-refractivity contribution in [2.75, 3.05) is 5.32 Å². The Hall–Kier alpha value is -2.11. The molecule has 0 unspecified atom stereocenters. The van der Waals surface area contributed by atoms with Crippen LogP contribution in [0.1, 0.15) is 35.2 Å². The van der Waals surface area contributed by atoms with Gasteiger partial charge in [-0.25, -0.2) is 0 Å². The van der Waals surface area contributed by atoms with Crippen molar-refractivity contribution in [3.05, 3.63) is 29.3 Å². The van der Waals surface area contributed by atoms with Crippen LogP contribution < -0.4 is 5.32 Å². The zero-order valence-corrected chi connectivity index (χ0v) is 11.0. The Bertz CT molecular complexity index is 614. The predicted molar refractivity (Wildman–Crippen MR) is 68.9 cm³/mol. The van der Waals surface area contributed by atoms with Gasteiger partial charge in [-0.3, -0.25) is 9.48 Å². The highest BCUT2D eigenvalue weighted by Crippen LogP contribution is 2.28. The van der Waals surface area contributed by atoms with E-state index < -0.39 is 0 Å². The third kappa shape index (κ3) is 2.25. The molecule has 0 spiro atoms. The van der Waals surface area contributed by atoms with E-state index in [4.69, 9.17) is 4.52 Å². The molecule has 0 aliphatic heterocycles. The summed E-state index contributed by atoms with van der Waals surface area (Å²) in [6.45, 7) is 2.18. The standard InChI is InChI=1S/C13H16N4O2/c1-8-3-4-10-9(7-8)12(16-19-10)13(18)14-11-5-6-17(2)15-11/h5-6,8H,3-4,7H2,1-2H3,(H,14,15,18)/t8-/m1/s1. The highest BCUT2D eigenvalue weighted by Gasteiger charge is 2.27. The summed E-state index contributed by atoms with van der Waals surface area (Å²) in [4.78, 5) is 12.2. The third-order valence-electron chi connectivity index (χ3n) is 3.46. The van der Waals surface area contributed by atoms with E-state index in [1.807, 2.05) is 0 Å². The number of carbonyl (C=O) groups excluding carboxylic acids is 1. The summed E-state index contributed by atoms with van der Waals surface area (Å²) in [5, 5.41) is 10.8. The van der Waals surface area contributed by atoms with Crippen LogP contribution in [0.5, 0.6) is 0 Å². The van der Waals surface area contributed by atoms with Gasteiger partial charge in [0.1, 0.15) is 5.76 Å². The molecule has 19 heavy (non-hydrogen) atoms. The van der Waals surface area contributed by atoms with Gasteiger partial charge in [0, 0.05) is 31.3 Å². The number of nitrogens with zero attached hydrogens (tertiary/aromatic N) is 3. The van der Waals surface area contributed by atoms with Crippen molar-refractivity contribution in [1.29, 1.82) is 0 Å². The Morgan fingerprint density at radius 3 is 3.16 bits per heavy atom. The monoisotopic (exact) mass is 260 g/mol. The van der Waals surface area contributed by atoms with Crippen LogP contribution in [0.25, 0.3) is 0 Å². The fourth-order valence-corrected chi connectivity index (χ4v) is 2.41. The second kappa shape index (κ2) is 4.53. The van der Waals surface area contributed by atoms with Gasteiger partial charge in [0.25, 0.3) is 5.91 Å². The lowest BCUT2D eigenvalue weighted by molar-refractivity contribution is 0.101. The predicted octanol–water partition coefficient (Wildman–Crippen LogP) is 1.79.